The van der Waals surface area contributed by atoms with E-state index in [-0.39, 0.29) is 5.97 Å². The van der Waals surface area contributed by atoms with Crippen molar-refractivity contribution in [1.82, 2.24) is 0 Å². The summed E-state index contributed by atoms with van der Waals surface area (Å²) in [6.45, 7) is 2.72. The van der Waals surface area contributed by atoms with E-state index in [0.29, 0.717) is 13.0 Å². The molecule has 2 aromatic rings. The number of methoxy groups -OCH3 is 1. The minimum absolute atomic E-state index is 0.222. The van der Waals surface area contributed by atoms with Crippen LogP contribution in [0.4, 0.5) is 5.69 Å². The van der Waals surface area contributed by atoms with E-state index in [2.05, 4.69) is 40.3 Å². The summed E-state index contributed by atoms with van der Waals surface area (Å²) in [6, 6.07) is 14.1. The molecule has 0 unspecified atom stereocenters. The van der Waals surface area contributed by atoms with Gasteiger partial charge in [-0.3, -0.25) is 4.79 Å². The number of nitrogens with one attached hydrogen (secondary N) is 1. The van der Waals surface area contributed by atoms with Crippen LogP contribution in [0.5, 0.6) is 0 Å². The Balaban J connectivity index is 2.09. The standard InChI is InChI=1S/C17H18BrNO2/c1-12-7-8-15(10-16(12)18)19-11-14-6-4-3-5-13(14)9-17(20)21-2/h3-8,10,19H,9,11H2,1-2H3. The highest BCUT2D eigenvalue weighted by atomic mass is 79.9. The third-order valence-corrected chi connectivity index (χ3v) is 4.19. The van der Waals surface area contributed by atoms with Crippen molar-refractivity contribution < 1.29 is 9.53 Å². The van der Waals surface area contributed by atoms with Gasteiger partial charge in [-0.15, -0.1) is 0 Å². The zero-order valence-corrected chi connectivity index (χ0v) is 13.7. The Morgan fingerprint density at radius 3 is 2.57 bits per heavy atom. The Kier molecular flexibility index (Phi) is 5.39. The van der Waals surface area contributed by atoms with Crippen molar-refractivity contribution in [3.63, 3.8) is 0 Å². The Labute approximate surface area is 133 Å². The highest BCUT2D eigenvalue weighted by Gasteiger charge is 2.07. The SMILES string of the molecule is COC(=O)Cc1ccccc1CNc1ccc(C)c(Br)c1. The summed E-state index contributed by atoms with van der Waals surface area (Å²) in [5.74, 6) is -0.222. The second kappa shape index (κ2) is 7.27. The van der Waals surface area contributed by atoms with Gasteiger partial charge in [-0.25, -0.2) is 0 Å². The Morgan fingerprint density at radius 2 is 1.90 bits per heavy atom. The van der Waals surface area contributed by atoms with Gasteiger partial charge < -0.3 is 10.1 Å². The Morgan fingerprint density at radius 1 is 1.19 bits per heavy atom. The summed E-state index contributed by atoms with van der Waals surface area (Å²) >= 11 is 3.53. The van der Waals surface area contributed by atoms with E-state index < -0.39 is 0 Å². The van der Waals surface area contributed by atoms with Crippen molar-refractivity contribution >= 4 is 27.6 Å². The molecule has 1 N–H and O–H groups in total. The molecule has 0 aliphatic rings. The fourth-order valence-corrected chi connectivity index (χ4v) is 2.41. The smallest absolute Gasteiger partial charge is 0.309 e. The van der Waals surface area contributed by atoms with Crippen LogP contribution < -0.4 is 5.32 Å². The van der Waals surface area contributed by atoms with Crippen molar-refractivity contribution in [2.75, 3.05) is 12.4 Å². The summed E-state index contributed by atoms with van der Waals surface area (Å²) in [7, 11) is 1.41. The molecule has 21 heavy (non-hydrogen) atoms. The van der Waals surface area contributed by atoms with Gasteiger partial charge in [-0.2, -0.15) is 0 Å². The van der Waals surface area contributed by atoms with E-state index in [9.17, 15) is 4.79 Å². The number of anilines is 1. The number of esters is 1. The number of ether oxygens (including phenoxy) is 1. The van der Waals surface area contributed by atoms with Gasteiger partial charge in [0.1, 0.15) is 0 Å². The maximum atomic E-state index is 11.4. The molecule has 0 bridgehead atoms. The molecule has 2 aromatic carbocycles. The number of hydrogen-bond donors (Lipinski definition) is 1. The summed E-state index contributed by atoms with van der Waals surface area (Å²) in [4.78, 5) is 11.4. The number of aryl methyl sites for hydroxylation is 1. The largest absolute Gasteiger partial charge is 0.469 e. The quantitative estimate of drug-likeness (QED) is 0.828. The van der Waals surface area contributed by atoms with Gasteiger partial charge in [-0.05, 0) is 35.7 Å². The predicted octanol–water partition coefficient (Wildman–Crippen LogP) is 4.09. The lowest BCUT2D eigenvalue weighted by atomic mass is 10.0. The molecule has 0 spiro atoms. The topological polar surface area (TPSA) is 38.3 Å². The van der Waals surface area contributed by atoms with Gasteiger partial charge in [-0.1, -0.05) is 46.3 Å². The van der Waals surface area contributed by atoms with E-state index in [1.165, 1.54) is 12.7 Å². The van der Waals surface area contributed by atoms with Crippen molar-refractivity contribution in [3.05, 3.63) is 63.6 Å². The lowest BCUT2D eigenvalue weighted by Crippen LogP contribution is -2.09. The summed E-state index contributed by atoms with van der Waals surface area (Å²) in [5, 5.41) is 3.38. The number of halogens is 1. The number of rotatable bonds is 5. The first-order valence-electron chi connectivity index (χ1n) is 6.74. The molecule has 110 valence electrons. The molecule has 0 aliphatic carbocycles. The second-order valence-corrected chi connectivity index (χ2v) is 5.69. The number of carbonyl (C=O) groups excluding carboxylic acids is 1. The summed E-state index contributed by atoms with van der Waals surface area (Å²) in [6.07, 6.45) is 0.298. The van der Waals surface area contributed by atoms with Crippen molar-refractivity contribution in [1.29, 1.82) is 0 Å². The van der Waals surface area contributed by atoms with Crippen molar-refractivity contribution in [2.24, 2.45) is 0 Å². The zero-order valence-electron chi connectivity index (χ0n) is 12.2. The molecule has 0 heterocycles. The third kappa shape index (κ3) is 4.33. The normalized spacial score (nSPS) is 10.2. The van der Waals surface area contributed by atoms with Gasteiger partial charge in [0, 0.05) is 16.7 Å². The van der Waals surface area contributed by atoms with Crippen LogP contribution in [0.1, 0.15) is 16.7 Å². The Hall–Kier alpha value is -1.81. The summed E-state index contributed by atoms with van der Waals surface area (Å²) in [5.41, 5.74) is 4.33. The number of hydrogen-bond acceptors (Lipinski definition) is 3. The molecule has 0 saturated heterocycles. The van der Waals surface area contributed by atoms with Crippen LogP contribution in [-0.2, 0) is 22.5 Å². The molecule has 0 aromatic heterocycles. The fraction of sp³-hybridized carbons (Fsp3) is 0.235. The fourth-order valence-electron chi connectivity index (χ4n) is 2.03. The Bertz CT molecular complexity index is 640. The molecule has 0 atom stereocenters. The van der Waals surface area contributed by atoms with Gasteiger partial charge in [0.25, 0.3) is 0 Å². The molecule has 2 rings (SSSR count). The average Bonchev–Trinajstić information content (AvgIpc) is 2.49. The minimum Gasteiger partial charge on any atom is -0.469 e. The van der Waals surface area contributed by atoms with Crippen LogP contribution in [0.3, 0.4) is 0 Å². The third-order valence-electron chi connectivity index (χ3n) is 3.34. The molecular weight excluding hydrogens is 330 g/mol. The molecule has 0 amide bonds. The van der Waals surface area contributed by atoms with Crippen LogP contribution in [0.15, 0.2) is 46.9 Å². The zero-order chi connectivity index (χ0) is 15.2. The molecule has 0 aliphatic heterocycles. The first-order valence-corrected chi connectivity index (χ1v) is 7.53. The summed E-state index contributed by atoms with van der Waals surface area (Å²) < 4.78 is 5.81. The highest BCUT2D eigenvalue weighted by Crippen LogP contribution is 2.21. The average molecular weight is 348 g/mol. The number of benzene rings is 2. The maximum Gasteiger partial charge on any atom is 0.309 e. The molecule has 0 fully saturated rings. The first kappa shape index (κ1) is 15.6. The molecule has 0 radical (unpaired) electrons. The van der Waals surface area contributed by atoms with Crippen LogP contribution in [0.25, 0.3) is 0 Å². The van der Waals surface area contributed by atoms with Crippen LogP contribution >= 0.6 is 15.9 Å². The maximum absolute atomic E-state index is 11.4. The van der Waals surface area contributed by atoms with Gasteiger partial charge in [0.2, 0.25) is 0 Å². The molecule has 3 nitrogen and oxygen atoms in total. The monoisotopic (exact) mass is 347 g/mol. The van der Waals surface area contributed by atoms with Crippen LogP contribution in [0.2, 0.25) is 0 Å². The van der Waals surface area contributed by atoms with Gasteiger partial charge >= 0.3 is 5.97 Å². The van der Waals surface area contributed by atoms with E-state index in [0.717, 1.165) is 21.3 Å². The molecule has 0 saturated carbocycles. The minimum atomic E-state index is -0.222. The second-order valence-electron chi connectivity index (χ2n) is 4.84. The van der Waals surface area contributed by atoms with E-state index >= 15 is 0 Å². The number of carbonyl (C=O) groups is 1. The first-order chi connectivity index (χ1) is 10.1. The molecule has 4 heteroatoms. The van der Waals surface area contributed by atoms with E-state index in [4.69, 9.17) is 4.74 Å². The van der Waals surface area contributed by atoms with Gasteiger partial charge in [0.15, 0.2) is 0 Å². The van der Waals surface area contributed by atoms with E-state index in [1.807, 2.05) is 30.3 Å². The molecular formula is C17H18BrNO2. The van der Waals surface area contributed by atoms with Gasteiger partial charge in [0.05, 0.1) is 13.5 Å². The lowest BCUT2D eigenvalue weighted by Gasteiger charge is -2.11. The predicted molar refractivity (Wildman–Crippen MR) is 88.4 cm³/mol. The van der Waals surface area contributed by atoms with Crippen LogP contribution in [-0.4, -0.2) is 13.1 Å². The van der Waals surface area contributed by atoms with Crippen LogP contribution in [0, 0.1) is 6.92 Å². The lowest BCUT2D eigenvalue weighted by molar-refractivity contribution is -0.139. The van der Waals surface area contributed by atoms with E-state index in [1.54, 1.807) is 0 Å². The van der Waals surface area contributed by atoms with Crippen molar-refractivity contribution in [2.45, 2.75) is 19.9 Å². The van der Waals surface area contributed by atoms with Crippen molar-refractivity contribution in [3.8, 4) is 0 Å². The highest BCUT2D eigenvalue weighted by molar-refractivity contribution is 9.10.